The molecule has 0 aliphatic rings. The summed E-state index contributed by atoms with van der Waals surface area (Å²) in [7, 11) is 0. The SMILES string of the molecule is Cc1nc2c(cnn2C(C)C)cc1C(=O)Nc1ccccc1Nc1ccccc1. The summed E-state index contributed by atoms with van der Waals surface area (Å²) in [4.78, 5) is 17.7. The van der Waals surface area contributed by atoms with E-state index in [1.165, 1.54) is 0 Å². The number of pyridine rings is 1. The molecule has 6 nitrogen and oxygen atoms in total. The van der Waals surface area contributed by atoms with E-state index in [9.17, 15) is 4.79 Å². The van der Waals surface area contributed by atoms with Crippen LogP contribution >= 0.6 is 0 Å². The van der Waals surface area contributed by atoms with Gasteiger partial charge in [0.05, 0.1) is 28.8 Å². The smallest absolute Gasteiger partial charge is 0.257 e. The minimum Gasteiger partial charge on any atom is -0.354 e. The van der Waals surface area contributed by atoms with Gasteiger partial charge in [-0.2, -0.15) is 5.10 Å². The minimum absolute atomic E-state index is 0.198. The van der Waals surface area contributed by atoms with Gasteiger partial charge in [-0.15, -0.1) is 0 Å². The number of hydrogen-bond donors (Lipinski definition) is 2. The molecule has 0 unspecified atom stereocenters. The largest absolute Gasteiger partial charge is 0.354 e. The maximum atomic E-state index is 13.0. The predicted octanol–water partition coefficient (Wildman–Crippen LogP) is 5.32. The van der Waals surface area contributed by atoms with Crippen LogP contribution in [0.25, 0.3) is 11.0 Å². The van der Waals surface area contributed by atoms with Crippen molar-refractivity contribution in [1.82, 2.24) is 14.8 Å². The maximum Gasteiger partial charge on any atom is 0.257 e. The first-order chi connectivity index (χ1) is 14.0. The zero-order valence-electron chi connectivity index (χ0n) is 16.7. The number of para-hydroxylation sites is 3. The molecule has 0 bridgehead atoms. The molecule has 2 aromatic carbocycles. The predicted molar refractivity (Wildman–Crippen MR) is 117 cm³/mol. The third kappa shape index (κ3) is 3.82. The van der Waals surface area contributed by atoms with E-state index in [1.807, 2.05) is 72.3 Å². The molecule has 4 aromatic rings. The van der Waals surface area contributed by atoms with Gasteiger partial charge in [0.1, 0.15) is 0 Å². The van der Waals surface area contributed by atoms with Gasteiger partial charge < -0.3 is 10.6 Å². The fourth-order valence-corrected chi connectivity index (χ4v) is 3.24. The van der Waals surface area contributed by atoms with Crippen molar-refractivity contribution in [2.45, 2.75) is 26.8 Å². The number of aromatic nitrogens is 3. The summed E-state index contributed by atoms with van der Waals surface area (Å²) in [6.07, 6.45) is 1.75. The van der Waals surface area contributed by atoms with Crippen LogP contribution in [0.4, 0.5) is 17.1 Å². The highest BCUT2D eigenvalue weighted by Crippen LogP contribution is 2.26. The number of anilines is 3. The number of rotatable bonds is 5. The van der Waals surface area contributed by atoms with Crippen LogP contribution in [0, 0.1) is 6.92 Å². The molecule has 6 heteroatoms. The zero-order valence-corrected chi connectivity index (χ0v) is 16.7. The number of benzene rings is 2. The Morgan fingerprint density at radius 3 is 2.41 bits per heavy atom. The average Bonchev–Trinajstić information content (AvgIpc) is 3.12. The molecule has 0 fully saturated rings. The molecule has 2 aromatic heterocycles. The van der Waals surface area contributed by atoms with Crippen molar-refractivity contribution in [2.75, 3.05) is 10.6 Å². The number of aryl methyl sites for hydroxylation is 1. The molecule has 29 heavy (non-hydrogen) atoms. The monoisotopic (exact) mass is 385 g/mol. The van der Waals surface area contributed by atoms with Gasteiger partial charge in [-0.3, -0.25) is 4.79 Å². The van der Waals surface area contributed by atoms with Crippen LogP contribution in [0.15, 0.2) is 66.9 Å². The molecule has 0 saturated heterocycles. The molecule has 0 radical (unpaired) electrons. The standard InChI is InChI=1S/C23H23N5O/c1-15(2)28-22-17(14-24-28)13-19(16(3)25-22)23(29)27-21-12-8-7-11-20(21)26-18-9-5-4-6-10-18/h4-15,26H,1-3H3,(H,27,29). The Bertz CT molecular complexity index is 1160. The van der Waals surface area contributed by atoms with Gasteiger partial charge in [0, 0.05) is 17.1 Å². The summed E-state index contributed by atoms with van der Waals surface area (Å²) in [5, 5.41) is 11.6. The van der Waals surface area contributed by atoms with Gasteiger partial charge in [-0.1, -0.05) is 30.3 Å². The number of amides is 1. The van der Waals surface area contributed by atoms with E-state index in [0.717, 1.165) is 22.4 Å². The molecule has 1 amide bonds. The van der Waals surface area contributed by atoms with Crippen molar-refractivity contribution in [1.29, 1.82) is 0 Å². The van der Waals surface area contributed by atoms with Gasteiger partial charge in [0.25, 0.3) is 5.91 Å². The van der Waals surface area contributed by atoms with E-state index in [0.29, 0.717) is 16.9 Å². The first kappa shape index (κ1) is 18.7. The second-order valence-corrected chi connectivity index (χ2v) is 7.21. The second-order valence-electron chi connectivity index (χ2n) is 7.21. The first-order valence-corrected chi connectivity index (χ1v) is 9.60. The van der Waals surface area contributed by atoms with E-state index in [1.54, 1.807) is 6.20 Å². The van der Waals surface area contributed by atoms with E-state index in [-0.39, 0.29) is 11.9 Å². The zero-order chi connectivity index (χ0) is 20.4. The summed E-state index contributed by atoms with van der Waals surface area (Å²) in [5.74, 6) is -0.198. The van der Waals surface area contributed by atoms with Gasteiger partial charge in [0.15, 0.2) is 5.65 Å². The lowest BCUT2D eigenvalue weighted by Gasteiger charge is -2.14. The molecule has 2 heterocycles. The molecule has 0 aliphatic carbocycles. The summed E-state index contributed by atoms with van der Waals surface area (Å²) < 4.78 is 1.86. The quantitative estimate of drug-likeness (QED) is 0.488. The third-order valence-corrected chi connectivity index (χ3v) is 4.72. The highest BCUT2D eigenvalue weighted by Gasteiger charge is 2.16. The number of fused-ring (bicyclic) bond motifs is 1. The minimum atomic E-state index is -0.198. The van der Waals surface area contributed by atoms with Crippen LogP contribution < -0.4 is 10.6 Å². The Labute approximate surface area is 169 Å². The van der Waals surface area contributed by atoms with Crippen molar-refractivity contribution in [2.24, 2.45) is 0 Å². The van der Waals surface area contributed by atoms with Gasteiger partial charge in [-0.05, 0) is 51.1 Å². The molecule has 0 spiro atoms. The molecule has 0 atom stereocenters. The van der Waals surface area contributed by atoms with Crippen molar-refractivity contribution in [3.05, 3.63) is 78.1 Å². The fourth-order valence-electron chi connectivity index (χ4n) is 3.24. The van der Waals surface area contributed by atoms with Crippen LogP contribution in [0.3, 0.4) is 0 Å². The lowest BCUT2D eigenvalue weighted by Crippen LogP contribution is -2.15. The Kier molecular flexibility index (Phi) is 4.99. The highest BCUT2D eigenvalue weighted by molar-refractivity contribution is 6.08. The number of nitrogens with zero attached hydrogens (tertiary/aromatic N) is 3. The van der Waals surface area contributed by atoms with E-state index in [4.69, 9.17) is 0 Å². The maximum absolute atomic E-state index is 13.0. The molecule has 0 saturated carbocycles. The van der Waals surface area contributed by atoms with Crippen LogP contribution in [0.2, 0.25) is 0 Å². The van der Waals surface area contributed by atoms with E-state index >= 15 is 0 Å². The number of nitrogens with one attached hydrogen (secondary N) is 2. The molecule has 2 N–H and O–H groups in total. The van der Waals surface area contributed by atoms with Gasteiger partial charge >= 0.3 is 0 Å². The number of carbonyl (C=O) groups excluding carboxylic acids is 1. The average molecular weight is 385 g/mol. The number of hydrogen-bond acceptors (Lipinski definition) is 4. The van der Waals surface area contributed by atoms with E-state index < -0.39 is 0 Å². The second kappa shape index (κ2) is 7.75. The lowest BCUT2D eigenvalue weighted by molar-refractivity contribution is 0.102. The van der Waals surface area contributed by atoms with Crippen molar-refractivity contribution in [3.63, 3.8) is 0 Å². The molecular formula is C23H23N5O. The Hall–Kier alpha value is -3.67. The molecular weight excluding hydrogens is 362 g/mol. The van der Waals surface area contributed by atoms with Crippen LogP contribution in [0.5, 0.6) is 0 Å². The summed E-state index contributed by atoms with van der Waals surface area (Å²) >= 11 is 0. The molecule has 146 valence electrons. The molecule has 4 rings (SSSR count). The van der Waals surface area contributed by atoms with Crippen molar-refractivity contribution >= 4 is 34.0 Å². The van der Waals surface area contributed by atoms with E-state index in [2.05, 4.69) is 34.6 Å². The normalized spacial score (nSPS) is 11.0. The third-order valence-electron chi connectivity index (χ3n) is 4.72. The summed E-state index contributed by atoms with van der Waals surface area (Å²) in [6, 6.07) is 19.5. The molecule has 0 aliphatic heterocycles. The van der Waals surface area contributed by atoms with Crippen molar-refractivity contribution in [3.8, 4) is 0 Å². The van der Waals surface area contributed by atoms with Crippen molar-refractivity contribution < 1.29 is 4.79 Å². The Balaban J connectivity index is 1.63. The Morgan fingerprint density at radius 1 is 1.00 bits per heavy atom. The van der Waals surface area contributed by atoms with Crippen LogP contribution in [-0.2, 0) is 0 Å². The topological polar surface area (TPSA) is 71.8 Å². The van der Waals surface area contributed by atoms with Crippen LogP contribution in [-0.4, -0.2) is 20.7 Å². The summed E-state index contributed by atoms with van der Waals surface area (Å²) in [6.45, 7) is 5.96. The van der Waals surface area contributed by atoms with Crippen LogP contribution in [0.1, 0.15) is 35.9 Å². The highest BCUT2D eigenvalue weighted by atomic mass is 16.1. The van der Waals surface area contributed by atoms with Gasteiger partial charge in [-0.25, -0.2) is 9.67 Å². The number of carbonyl (C=O) groups is 1. The summed E-state index contributed by atoms with van der Waals surface area (Å²) in [5.41, 5.74) is 4.49. The Morgan fingerprint density at radius 2 is 1.69 bits per heavy atom. The lowest BCUT2D eigenvalue weighted by atomic mass is 10.1. The fraction of sp³-hybridized carbons (Fsp3) is 0.174. The first-order valence-electron chi connectivity index (χ1n) is 9.60. The van der Waals surface area contributed by atoms with Gasteiger partial charge in [0.2, 0.25) is 0 Å².